The maximum Gasteiger partial charge on any atom is 0.274 e. The van der Waals surface area contributed by atoms with Gasteiger partial charge in [-0.15, -0.1) is 0 Å². The van der Waals surface area contributed by atoms with Crippen molar-refractivity contribution < 1.29 is 4.79 Å². The zero-order valence-corrected chi connectivity index (χ0v) is 13.5. The number of para-hydroxylation sites is 1. The third-order valence-electron chi connectivity index (χ3n) is 3.35. The molecule has 0 saturated heterocycles. The minimum Gasteiger partial charge on any atom is -0.370 e. The van der Waals surface area contributed by atoms with Crippen LogP contribution in [0.4, 0.5) is 11.5 Å². The van der Waals surface area contributed by atoms with E-state index in [2.05, 4.69) is 27.5 Å². The largest absolute Gasteiger partial charge is 0.370 e. The summed E-state index contributed by atoms with van der Waals surface area (Å²) in [5.74, 6) is 1.04. The molecule has 0 unspecified atom stereocenters. The van der Waals surface area contributed by atoms with Gasteiger partial charge in [-0.05, 0) is 38.3 Å². The van der Waals surface area contributed by atoms with Crippen LogP contribution < -0.4 is 10.6 Å². The van der Waals surface area contributed by atoms with E-state index in [1.165, 1.54) is 0 Å². The van der Waals surface area contributed by atoms with Gasteiger partial charge in [0.2, 0.25) is 0 Å². The standard InChI is InChI=1S/C17H22N4O/c1-5-9-18-15-10-14(19-13(4)20-15)17(22)21-16-11(2)7-6-8-12(16)3/h6-8,10H,5,9H2,1-4H3,(H,21,22)(H,18,19,20). The number of carbonyl (C=O) groups is 1. The summed E-state index contributed by atoms with van der Waals surface area (Å²) >= 11 is 0. The quantitative estimate of drug-likeness (QED) is 0.887. The van der Waals surface area contributed by atoms with Gasteiger partial charge in [0, 0.05) is 18.3 Å². The van der Waals surface area contributed by atoms with Crippen molar-refractivity contribution in [2.24, 2.45) is 0 Å². The molecule has 1 amide bonds. The third kappa shape index (κ3) is 3.81. The van der Waals surface area contributed by atoms with Crippen molar-refractivity contribution in [3.8, 4) is 0 Å². The fraction of sp³-hybridized carbons (Fsp3) is 0.353. The summed E-state index contributed by atoms with van der Waals surface area (Å²) in [6.07, 6.45) is 0.993. The highest BCUT2D eigenvalue weighted by Gasteiger charge is 2.13. The second-order valence-corrected chi connectivity index (χ2v) is 5.33. The van der Waals surface area contributed by atoms with Crippen molar-refractivity contribution in [2.45, 2.75) is 34.1 Å². The Morgan fingerprint density at radius 3 is 2.45 bits per heavy atom. The van der Waals surface area contributed by atoms with Crippen molar-refractivity contribution in [3.05, 3.63) is 46.9 Å². The van der Waals surface area contributed by atoms with Crippen LogP contribution in [0, 0.1) is 20.8 Å². The number of aryl methyl sites for hydroxylation is 3. The van der Waals surface area contributed by atoms with E-state index in [0.717, 1.165) is 29.8 Å². The molecule has 1 aromatic carbocycles. The van der Waals surface area contributed by atoms with Gasteiger partial charge in [0.1, 0.15) is 17.3 Å². The Hall–Kier alpha value is -2.43. The molecule has 0 aliphatic heterocycles. The van der Waals surface area contributed by atoms with Crippen LogP contribution in [0.1, 0.15) is 40.8 Å². The number of hydrogen-bond acceptors (Lipinski definition) is 4. The molecule has 0 fully saturated rings. The first-order chi connectivity index (χ1) is 10.5. The topological polar surface area (TPSA) is 66.9 Å². The molecule has 0 spiro atoms. The number of aromatic nitrogens is 2. The van der Waals surface area contributed by atoms with Crippen LogP contribution in [0.3, 0.4) is 0 Å². The smallest absolute Gasteiger partial charge is 0.274 e. The molecule has 0 bridgehead atoms. The van der Waals surface area contributed by atoms with E-state index in [4.69, 9.17) is 0 Å². The lowest BCUT2D eigenvalue weighted by Crippen LogP contribution is -2.17. The zero-order valence-electron chi connectivity index (χ0n) is 13.5. The molecule has 5 heteroatoms. The minimum atomic E-state index is -0.220. The van der Waals surface area contributed by atoms with Gasteiger partial charge in [0.25, 0.3) is 5.91 Å². The lowest BCUT2D eigenvalue weighted by molar-refractivity contribution is 0.102. The highest BCUT2D eigenvalue weighted by Crippen LogP contribution is 2.20. The molecule has 0 aliphatic rings. The monoisotopic (exact) mass is 298 g/mol. The first-order valence-corrected chi connectivity index (χ1v) is 7.48. The van der Waals surface area contributed by atoms with Crippen LogP contribution >= 0.6 is 0 Å². The fourth-order valence-corrected chi connectivity index (χ4v) is 2.22. The summed E-state index contributed by atoms with van der Waals surface area (Å²) in [5, 5.41) is 6.13. The van der Waals surface area contributed by atoms with E-state index < -0.39 is 0 Å². The number of amides is 1. The van der Waals surface area contributed by atoms with Crippen LogP contribution in [0.25, 0.3) is 0 Å². The normalized spacial score (nSPS) is 10.4. The highest BCUT2D eigenvalue weighted by atomic mass is 16.1. The summed E-state index contributed by atoms with van der Waals surface area (Å²) in [6.45, 7) is 8.63. The van der Waals surface area contributed by atoms with E-state index in [0.29, 0.717) is 17.3 Å². The molecular formula is C17H22N4O. The molecule has 0 radical (unpaired) electrons. The first-order valence-electron chi connectivity index (χ1n) is 7.48. The third-order valence-corrected chi connectivity index (χ3v) is 3.35. The maximum absolute atomic E-state index is 12.5. The summed E-state index contributed by atoms with van der Waals surface area (Å²) in [7, 11) is 0. The van der Waals surface area contributed by atoms with E-state index in [-0.39, 0.29) is 5.91 Å². The Kier molecular flexibility index (Phi) is 5.09. The molecule has 2 N–H and O–H groups in total. The molecule has 2 rings (SSSR count). The molecule has 22 heavy (non-hydrogen) atoms. The van der Waals surface area contributed by atoms with Crippen LogP contribution in [0.15, 0.2) is 24.3 Å². The number of nitrogens with one attached hydrogen (secondary N) is 2. The first kappa shape index (κ1) is 15.9. The summed E-state index contributed by atoms with van der Waals surface area (Å²) in [4.78, 5) is 21.0. The lowest BCUT2D eigenvalue weighted by Gasteiger charge is -2.12. The molecule has 0 aliphatic carbocycles. The van der Waals surface area contributed by atoms with Gasteiger partial charge in [-0.3, -0.25) is 4.79 Å². The highest BCUT2D eigenvalue weighted by molar-refractivity contribution is 6.04. The lowest BCUT2D eigenvalue weighted by atomic mass is 10.1. The van der Waals surface area contributed by atoms with Gasteiger partial charge in [-0.1, -0.05) is 25.1 Å². The van der Waals surface area contributed by atoms with Crippen molar-refractivity contribution in [1.29, 1.82) is 0 Å². The predicted molar refractivity (Wildman–Crippen MR) is 89.4 cm³/mol. The molecule has 0 atom stereocenters. The second-order valence-electron chi connectivity index (χ2n) is 5.33. The molecule has 0 saturated carbocycles. The second kappa shape index (κ2) is 7.02. The number of rotatable bonds is 5. The van der Waals surface area contributed by atoms with Gasteiger partial charge < -0.3 is 10.6 Å². The van der Waals surface area contributed by atoms with Gasteiger partial charge in [-0.25, -0.2) is 9.97 Å². The number of anilines is 2. The van der Waals surface area contributed by atoms with Gasteiger partial charge >= 0.3 is 0 Å². The van der Waals surface area contributed by atoms with Gasteiger partial charge in [0.15, 0.2) is 0 Å². The number of nitrogens with zero attached hydrogens (tertiary/aromatic N) is 2. The Balaban J connectivity index is 2.24. The zero-order chi connectivity index (χ0) is 16.1. The Bertz CT molecular complexity index is 662. The molecule has 5 nitrogen and oxygen atoms in total. The van der Waals surface area contributed by atoms with Crippen LogP contribution in [0.5, 0.6) is 0 Å². The van der Waals surface area contributed by atoms with Crippen molar-refractivity contribution >= 4 is 17.4 Å². The maximum atomic E-state index is 12.5. The summed E-state index contributed by atoms with van der Waals surface area (Å²) in [5.41, 5.74) is 3.27. The Morgan fingerprint density at radius 2 is 1.82 bits per heavy atom. The minimum absolute atomic E-state index is 0.220. The van der Waals surface area contributed by atoms with Crippen LogP contribution in [-0.4, -0.2) is 22.4 Å². The summed E-state index contributed by atoms with van der Waals surface area (Å²) < 4.78 is 0. The van der Waals surface area contributed by atoms with Crippen molar-refractivity contribution in [2.75, 3.05) is 17.2 Å². The molecule has 2 aromatic rings. The van der Waals surface area contributed by atoms with E-state index in [9.17, 15) is 4.79 Å². The Labute approximate surface area is 131 Å². The number of hydrogen-bond donors (Lipinski definition) is 2. The Morgan fingerprint density at radius 1 is 1.14 bits per heavy atom. The number of carbonyl (C=O) groups excluding carboxylic acids is 1. The molecule has 1 heterocycles. The van der Waals surface area contributed by atoms with Gasteiger partial charge in [-0.2, -0.15) is 0 Å². The average Bonchev–Trinajstić information content (AvgIpc) is 2.48. The van der Waals surface area contributed by atoms with Crippen LogP contribution in [-0.2, 0) is 0 Å². The molecule has 1 aromatic heterocycles. The fourth-order valence-electron chi connectivity index (χ4n) is 2.22. The average molecular weight is 298 g/mol. The SMILES string of the molecule is CCCNc1cc(C(=O)Nc2c(C)cccc2C)nc(C)n1. The molecular weight excluding hydrogens is 276 g/mol. The van der Waals surface area contributed by atoms with Crippen LogP contribution in [0.2, 0.25) is 0 Å². The van der Waals surface area contributed by atoms with E-state index >= 15 is 0 Å². The molecule has 116 valence electrons. The van der Waals surface area contributed by atoms with Crippen molar-refractivity contribution in [3.63, 3.8) is 0 Å². The van der Waals surface area contributed by atoms with E-state index in [1.54, 1.807) is 13.0 Å². The van der Waals surface area contributed by atoms with E-state index in [1.807, 2.05) is 32.0 Å². The number of benzene rings is 1. The van der Waals surface area contributed by atoms with Crippen molar-refractivity contribution in [1.82, 2.24) is 9.97 Å². The predicted octanol–water partition coefficient (Wildman–Crippen LogP) is 3.48. The summed E-state index contributed by atoms with van der Waals surface area (Å²) in [6, 6.07) is 7.61. The van der Waals surface area contributed by atoms with Gasteiger partial charge in [0.05, 0.1) is 0 Å².